The number of halogens is 1. The van der Waals surface area contributed by atoms with E-state index in [1.807, 2.05) is 54.6 Å². The van der Waals surface area contributed by atoms with Gasteiger partial charge >= 0.3 is 0 Å². The van der Waals surface area contributed by atoms with E-state index in [0.717, 1.165) is 22.2 Å². The van der Waals surface area contributed by atoms with Crippen molar-refractivity contribution in [3.63, 3.8) is 0 Å². The van der Waals surface area contributed by atoms with Crippen molar-refractivity contribution in [1.29, 1.82) is 0 Å². The molecule has 98 valence electrons. The second kappa shape index (κ2) is 5.80. The van der Waals surface area contributed by atoms with Crippen LogP contribution in [-0.2, 0) is 6.54 Å². The van der Waals surface area contributed by atoms with Gasteiger partial charge in [-0.05, 0) is 29.8 Å². The normalized spacial score (nSPS) is 11.2. The van der Waals surface area contributed by atoms with Gasteiger partial charge in [-0.3, -0.25) is 4.98 Å². The third-order valence-corrected chi connectivity index (χ3v) is 3.19. The van der Waals surface area contributed by atoms with Crippen LogP contribution in [-0.4, -0.2) is 4.98 Å². The van der Waals surface area contributed by atoms with Crippen LogP contribution in [0, 0.1) is 0 Å². The van der Waals surface area contributed by atoms with Crippen molar-refractivity contribution in [2.24, 2.45) is 10.2 Å². The summed E-state index contributed by atoms with van der Waals surface area (Å²) in [6.07, 6.45) is 1.72. The molecule has 1 aromatic heterocycles. The van der Waals surface area contributed by atoms with Crippen molar-refractivity contribution in [2.45, 2.75) is 6.54 Å². The van der Waals surface area contributed by atoms with E-state index in [2.05, 4.69) is 15.2 Å². The summed E-state index contributed by atoms with van der Waals surface area (Å²) < 4.78 is 0. The van der Waals surface area contributed by atoms with Crippen molar-refractivity contribution < 1.29 is 0 Å². The molecule has 0 aliphatic carbocycles. The van der Waals surface area contributed by atoms with Crippen LogP contribution >= 0.6 is 11.6 Å². The molecule has 3 nitrogen and oxygen atoms in total. The first-order chi connectivity index (χ1) is 9.83. The molecule has 20 heavy (non-hydrogen) atoms. The van der Waals surface area contributed by atoms with Crippen molar-refractivity contribution in [3.8, 4) is 0 Å². The van der Waals surface area contributed by atoms with Crippen molar-refractivity contribution in [2.75, 3.05) is 0 Å². The van der Waals surface area contributed by atoms with Crippen LogP contribution in [0.3, 0.4) is 0 Å². The Bertz CT molecular complexity index is 754. The first-order valence-electron chi connectivity index (χ1n) is 6.28. The number of nitrogens with zero attached hydrogens (tertiary/aromatic N) is 3. The maximum absolute atomic E-state index is 5.96. The summed E-state index contributed by atoms with van der Waals surface area (Å²) in [6.45, 7) is 0.568. The lowest BCUT2D eigenvalue weighted by atomic mass is 10.2. The first kappa shape index (κ1) is 12.8. The Hall–Kier alpha value is -2.26. The molecule has 4 heteroatoms. The Kier molecular flexibility index (Phi) is 3.70. The van der Waals surface area contributed by atoms with Gasteiger partial charge in [0, 0.05) is 16.6 Å². The number of hydrogen-bond acceptors (Lipinski definition) is 3. The molecule has 0 fully saturated rings. The highest BCUT2D eigenvalue weighted by Crippen LogP contribution is 2.26. The molecule has 0 bridgehead atoms. The summed E-state index contributed by atoms with van der Waals surface area (Å²) >= 11 is 5.96. The van der Waals surface area contributed by atoms with Gasteiger partial charge in [0.1, 0.15) is 0 Å². The fourth-order valence-electron chi connectivity index (χ4n) is 1.97. The predicted molar refractivity (Wildman–Crippen MR) is 81.4 cm³/mol. The van der Waals surface area contributed by atoms with Crippen LogP contribution in [0.25, 0.3) is 10.9 Å². The van der Waals surface area contributed by atoms with Crippen LogP contribution < -0.4 is 0 Å². The zero-order valence-corrected chi connectivity index (χ0v) is 11.5. The Morgan fingerprint density at radius 3 is 2.70 bits per heavy atom. The van der Waals surface area contributed by atoms with Gasteiger partial charge in [0.25, 0.3) is 0 Å². The summed E-state index contributed by atoms with van der Waals surface area (Å²) in [5, 5.41) is 10.2. The van der Waals surface area contributed by atoms with Crippen molar-refractivity contribution in [1.82, 2.24) is 4.98 Å². The highest BCUT2D eigenvalue weighted by Gasteiger charge is 2.01. The Labute approximate surface area is 122 Å². The average Bonchev–Trinajstić information content (AvgIpc) is 2.48. The van der Waals surface area contributed by atoms with E-state index in [1.54, 1.807) is 6.20 Å². The van der Waals surface area contributed by atoms with Gasteiger partial charge in [-0.1, -0.05) is 41.9 Å². The molecule has 0 radical (unpaired) electrons. The molecule has 0 saturated heterocycles. The van der Waals surface area contributed by atoms with E-state index in [4.69, 9.17) is 11.6 Å². The van der Waals surface area contributed by atoms with Gasteiger partial charge < -0.3 is 0 Å². The monoisotopic (exact) mass is 281 g/mol. The minimum absolute atomic E-state index is 0.568. The highest BCUT2D eigenvalue weighted by molar-refractivity contribution is 6.31. The van der Waals surface area contributed by atoms with Crippen molar-refractivity contribution in [3.05, 3.63) is 71.4 Å². The maximum Gasteiger partial charge on any atom is 0.0961 e. The molecule has 0 aliphatic rings. The van der Waals surface area contributed by atoms with E-state index in [9.17, 15) is 0 Å². The van der Waals surface area contributed by atoms with Crippen LogP contribution in [0.1, 0.15) is 5.56 Å². The Morgan fingerprint density at radius 2 is 1.85 bits per heavy atom. The lowest BCUT2D eigenvalue weighted by Crippen LogP contribution is -1.80. The van der Waals surface area contributed by atoms with Crippen LogP contribution in [0.15, 0.2) is 71.0 Å². The number of pyridine rings is 1. The fourth-order valence-corrected chi connectivity index (χ4v) is 2.14. The van der Waals surface area contributed by atoms with Gasteiger partial charge in [-0.2, -0.15) is 10.2 Å². The second-order valence-electron chi connectivity index (χ2n) is 4.38. The number of fused-ring (bicyclic) bond motifs is 1. The molecule has 0 atom stereocenters. The molecule has 0 aliphatic heterocycles. The maximum atomic E-state index is 5.96. The molecule has 0 amide bonds. The van der Waals surface area contributed by atoms with E-state index in [1.165, 1.54) is 0 Å². The van der Waals surface area contributed by atoms with Gasteiger partial charge in [0.15, 0.2) is 0 Å². The predicted octanol–water partition coefficient (Wildman–Crippen LogP) is 5.17. The molecular weight excluding hydrogens is 270 g/mol. The summed E-state index contributed by atoms with van der Waals surface area (Å²) in [5.74, 6) is 0. The average molecular weight is 282 g/mol. The van der Waals surface area contributed by atoms with E-state index in [-0.39, 0.29) is 0 Å². The molecule has 2 aromatic carbocycles. The molecule has 0 saturated carbocycles. The standard InChI is InChI=1S/C16H12ClN3/c17-13-6-7-14-15(8-9-18-16(14)10-13)20-19-11-12-4-2-1-3-5-12/h1-10H,11H2. The number of benzene rings is 2. The summed E-state index contributed by atoms with van der Waals surface area (Å²) in [5.41, 5.74) is 2.77. The zero-order chi connectivity index (χ0) is 13.8. The Morgan fingerprint density at radius 1 is 1.00 bits per heavy atom. The molecule has 3 aromatic rings. The minimum atomic E-state index is 0.568. The number of hydrogen-bond donors (Lipinski definition) is 0. The van der Waals surface area contributed by atoms with Crippen LogP contribution in [0.5, 0.6) is 0 Å². The van der Waals surface area contributed by atoms with E-state index < -0.39 is 0 Å². The molecule has 1 heterocycles. The number of azo groups is 1. The zero-order valence-electron chi connectivity index (χ0n) is 10.7. The minimum Gasteiger partial charge on any atom is -0.256 e. The molecular formula is C16H12ClN3. The largest absolute Gasteiger partial charge is 0.256 e. The topological polar surface area (TPSA) is 37.6 Å². The lowest BCUT2D eigenvalue weighted by molar-refractivity contribution is 0.961. The molecule has 3 rings (SSSR count). The van der Waals surface area contributed by atoms with Crippen molar-refractivity contribution >= 4 is 28.2 Å². The fraction of sp³-hybridized carbons (Fsp3) is 0.0625. The summed E-state index contributed by atoms with van der Waals surface area (Å²) in [6, 6.07) is 17.5. The molecule has 0 spiro atoms. The van der Waals surface area contributed by atoms with Crippen LogP contribution in [0.4, 0.5) is 5.69 Å². The van der Waals surface area contributed by atoms with Gasteiger partial charge in [-0.25, -0.2) is 0 Å². The van der Waals surface area contributed by atoms with Gasteiger partial charge in [-0.15, -0.1) is 0 Å². The van der Waals surface area contributed by atoms with Crippen LogP contribution in [0.2, 0.25) is 5.02 Å². The van der Waals surface area contributed by atoms with Gasteiger partial charge in [0.2, 0.25) is 0 Å². The summed E-state index contributed by atoms with van der Waals surface area (Å²) in [7, 11) is 0. The molecule has 0 N–H and O–H groups in total. The molecule has 0 unspecified atom stereocenters. The van der Waals surface area contributed by atoms with E-state index in [0.29, 0.717) is 11.6 Å². The quantitative estimate of drug-likeness (QED) is 0.610. The number of rotatable bonds is 3. The Balaban J connectivity index is 1.87. The third-order valence-electron chi connectivity index (χ3n) is 2.96. The summed E-state index contributed by atoms with van der Waals surface area (Å²) in [4.78, 5) is 4.28. The number of aromatic nitrogens is 1. The third kappa shape index (κ3) is 2.83. The van der Waals surface area contributed by atoms with E-state index >= 15 is 0 Å². The smallest absolute Gasteiger partial charge is 0.0961 e. The lowest BCUT2D eigenvalue weighted by Gasteiger charge is -2.00. The van der Waals surface area contributed by atoms with Gasteiger partial charge in [0.05, 0.1) is 17.7 Å². The SMILES string of the molecule is Clc1ccc2c(N=NCc3ccccc3)ccnc2c1. The first-order valence-corrected chi connectivity index (χ1v) is 6.66. The highest BCUT2D eigenvalue weighted by atomic mass is 35.5. The second-order valence-corrected chi connectivity index (χ2v) is 4.81.